The second-order valence-electron chi connectivity index (χ2n) is 13.3. The van der Waals surface area contributed by atoms with Gasteiger partial charge in [0.1, 0.15) is 35.1 Å². The van der Waals surface area contributed by atoms with Crippen LogP contribution >= 0.6 is 11.6 Å². The van der Waals surface area contributed by atoms with Gasteiger partial charge in [0.15, 0.2) is 11.0 Å². The van der Waals surface area contributed by atoms with Crippen molar-refractivity contribution in [3.8, 4) is 11.9 Å². The lowest BCUT2D eigenvalue weighted by atomic mass is 9.95. The van der Waals surface area contributed by atoms with Gasteiger partial charge in [-0.1, -0.05) is 11.6 Å². The van der Waals surface area contributed by atoms with Crippen LogP contribution in [0.25, 0.3) is 10.9 Å². The van der Waals surface area contributed by atoms with Gasteiger partial charge in [-0.3, -0.25) is 9.80 Å². The summed E-state index contributed by atoms with van der Waals surface area (Å²) in [7, 11) is 0. The summed E-state index contributed by atoms with van der Waals surface area (Å²) < 4.78 is 86.0. The van der Waals surface area contributed by atoms with Crippen molar-refractivity contribution in [2.45, 2.75) is 94.9 Å². The van der Waals surface area contributed by atoms with E-state index in [1.165, 1.54) is 0 Å². The molecule has 0 N–H and O–H groups in total. The number of carbonyl (C=O) groups excluding carboxylic acids is 1. The number of anilines is 1. The van der Waals surface area contributed by atoms with Crippen molar-refractivity contribution in [1.29, 1.82) is 0 Å². The molecule has 45 heavy (non-hydrogen) atoms. The molecule has 2 bridgehead atoms. The van der Waals surface area contributed by atoms with E-state index in [9.17, 15) is 22.4 Å². The highest BCUT2D eigenvalue weighted by molar-refractivity contribution is 6.30. The van der Waals surface area contributed by atoms with Gasteiger partial charge in [0, 0.05) is 26.1 Å². The summed E-state index contributed by atoms with van der Waals surface area (Å²) in [4.78, 5) is 31.5. The third kappa shape index (κ3) is 6.51. The second-order valence-corrected chi connectivity index (χ2v) is 13.7. The molecule has 16 heteroatoms. The van der Waals surface area contributed by atoms with E-state index in [4.69, 9.17) is 25.8 Å². The van der Waals surface area contributed by atoms with Crippen LogP contribution in [0, 0.1) is 5.82 Å². The van der Waals surface area contributed by atoms with Gasteiger partial charge in [-0.15, -0.1) is 0 Å². The maximum Gasteiger partial charge on any atom is 0.410 e. The fourth-order valence-electron chi connectivity index (χ4n) is 7.07. The minimum Gasteiger partial charge on any atom is -0.477 e. The number of fused-ring (bicyclic) bond motifs is 4. The number of amides is 1. The average molecular weight is 663 g/mol. The van der Waals surface area contributed by atoms with Crippen molar-refractivity contribution in [3.63, 3.8) is 0 Å². The number of pyridine rings is 1. The van der Waals surface area contributed by atoms with Crippen LogP contribution in [0.5, 0.6) is 11.9 Å². The molecule has 2 unspecified atom stereocenters. The van der Waals surface area contributed by atoms with E-state index in [1.807, 2.05) is 4.90 Å². The molecule has 2 aromatic heterocycles. The molecule has 10 nitrogen and oxygen atoms in total. The monoisotopic (exact) mass is 662 g/mol. The first-order valence-corrected chi connectivity index (χ1v) is 15.5. The van der Waals surface area contributed by atoms with Crippen molar-refractivity contribution >= 4 is 34.4 Å². The van der Waals surface area contributed by atoms with Crippen LogP contribution in [-0.2, 0) is 4.74 Å². The SMILES string of the molecule is CC(C)(C)OC(=O)N1C2CCC1CN(c1nc(OC[C@@]34CCCN3C[C@H](F)C4)nc3c(F)c(Cl)nc(OCCC(F)(F)F)c13)C2. The quantitative estimate of drug-likeness (QED) is 0.274. The van der Waals surface area contributed by atoms with Crippen molar-refractivity contribution < 1.29 is 41.0 Å². The maximum absolute atomic E-state index is 15.6. The highest BCUT2D eigenvalue weighted by atomic mass is 35.5. The number of piperazine rings is 1. The Labute approximate surface area is 262 Å². The third-order valence-electron chi connectivity index (χ3n) is 8.91. The smallest absolute Gasteiger partial charge is 0.410 e. The molecule has 0 spiro atoms. The standard InChI is InChI=1S/C29H36ClF5N6O4/c1-27(2,3)45-26(42)41-17-5-6-18(41)14-39(13-17)23-19-21(20(32)22(30)37-24(19)43-10-8-29(33,34)35)36-25(38-23)44-15-28-7-4-9-40(28)12-16(31)11-28/h16-18H,4-15H2,1-3H3/t16-,17?,18?,28+/m1/s1. The molecule has 6 rings (SSSR count). The average Bonchev–Trinajstić information content (AvgIpc) is 3.55. The predicted molar refractivity (Wildman–Crippen MR) is 154 cm³/mol. The first kappa shape index (κ1) is 32.0. The van der Waals surface area contributed by atoms with Gasteiger partial charge in [0.2, 0.25) is 5.88 Å². The van der Waals surface area contributed by atoms with E-state index < -0.39 is 53.6 Å². The van der Waals surface area contributed by atoms with Crippen LogP contribution in [0.3, 0.4) is 0 Å². The molecule has 4 saturated heterocycles. The van der Waals surface area contributed by atoms with Crippen molar-refractivity contribution in [3.05, 3.63) is 11.0 Å². The number of nitrogens with zero attached hydrogens (tertiary/aromatic N) is 6. The van der Waals surface area contributed by atoms with Crippen LogP contribution in [0.1, 0.15) is 59.3 Å². The number of rotatable bonds is 7. The fraction of sp³-hybridized carbons (Fsp3) is 0.724. The van der Waals surface area contributed by atoms with Crippen molar-refractivity contribution in [2.75, 3.05) is 44.3 Å². The second kappa shape index (κ2) is 11.7. The van der Waals surface area contributed by atoms with Gasteiger partial charge >= 0.3 is 18.3 Å². The Balaban J connectivity index is 1.36. The Morgan fingerprint density at radius 3 is 2.44 bits per heavy atom. The largest absolute Gasteiger partial charge is 0.477 e. The van der Waals surface area contributed by atoms with Gasteiger partial charge in [-0.25, -0.2) is 13.6 Å². The van der Waals surface area contributed by atoms with E-state index in [-0.39, 0.29) is 60.4 Å². The normalized spacial score (nSPS) is 26.9. The molecular formula is C29H36ClF5N6O4. The van der Waals surface area contributed by atoms with Crippen LogP contribution in [-0.4, -0.2) is 106 Å². The minimum absolute atomic E-state index is 0.0538. The number of carbonyl (C=O) groups is 1. The third-order valence-corrected chi connectivity index (χ3v) is 9.16. The zero-order chi connectivity index (χ0) is 32.3. The molecule has 0 aliphatic carbocycles. The van der Waals surface area contributed by atoms with Crippen LogP contribution in [0.15, 0.2) is 0 Å². The van der Waals surface area contributed by atoms with Crippen molar-refractivity contribution in [2.24, 2.45) is 0 Å². The van der Waals surface area contributed by atoms with Gasteiger partial charge in [-0.05, 0) is 53.0 Å². The van der Waals surface area contributed by atoms with Crippen LogP contribution in [0.2, 0.25) is 5.15 Å². The number of ether oxygens (including phenoxy) is 3. The van der Waals surface area contributed by atoms with Gasteiger partial charge < -0.3 is 19.1 Å². The molecule has 6 heterocycles. The summed E-state index contributed by atoms with van der Waals surface area (Å²) in [5.74, 6) is -1.22. The fourth-order valence-corrected chi connectivity index (χ4v) is 7.24. The molecule has 4 atom stereocenters. The minimum atomic E-state index is -4.50. The molecule has 0 aromatic carbocycles. The van der Waals surface area contributed by atoms with E-state index in [1.54, 1.807) is 25.7 Å². The summed E-state index contributed by atoms with van der Waals surface area (Å²) in [6.45, 7) is 6.25. The molecule has 0 saturated carbocycles. The zero-order valence-corrected chi connectivity index (χ0v) is 26.1. The lowest BCUT2D eigenvalue weighted by molar-refractivity contribution is -0.139. The first-order chi connectivity index (χ1) is 21.1. The van der Waals surface area contributed by atoms with Crippen molar-refractivity contribution in [1.82, 2.24) is 24.8 Å². The van der Waals surface area contributed by atoms with E-state index in [2.05, 4.69) is 19.9 Å². The van der Waals surface area contributed by atoms with Crippen LogP contribution in [0.4, 0.5) is 32.6 Å². The van der Waals surface area contributed by atoms with Gasteiger partial charge in [0.05, 0.1) is 30.7 Å². The van der Waals surface area contributed by atoms with E-state index >= 15 is 4.39 Å². The lowest BCUT2D eigenvalue weighted by Crippen LogP contribution is -2.57. The van der Waals surface area contributed by atoms with E-state index in [0.717, 1.165) is 19.4 Å². The number of halogens is 6. The summed E-state index contributed by atoms with van der Waals surface area (Å²) in [5, 5.41) is -0.687. The molecule has 4 aliphatic heterocycles. The summed E-state index contributed by atoms with van der Waals surface area (Å²) in [6.07, 6.45) is -3.91. The molecule has 2 aromatic rings. The number of alkyl halides is 4. The molecule has 4 aliphatic rings. The summed E-state index contributed by atoms with van der Waals surface area (Å²) in [5.41, 5.74) is -1.55. The number of hydrogen-bond acceptors (Lipinski definition) is 9. The Bertz CT molecular complexity index is 1450. The molecule has 0 radical (unpaired) electrons. The maximum atomic E-state index is 15.6. The Kier molecular flexibility index (Phi) is 8.32. The molecular weight excluding hydrogens is 627 g/mol. The zero-order valence-electron chi connectivity index (χ0n) is 25.3. The number of aromatic nitrogens is 3. The van der Waals surface area contributed by atoms with E-state index in [0.29, 0.717) is 25.8 Å². The van der Waals surface area contributed by atoms with Gasteiger partial charge in [0.25, 0.3) is 0 Å². The summed E-state index contributed by atoms with van der Waals surface area (Å²) in [6, 6.07) is -0.720. The molecule has 248 valence electrons. The number of hydrogen-bond donors (Lipinski definition) is 0. The van der Waals surface area contributed by atoms with Crippen LogP contribution < -0.4 is 14.4 Å². The lowest BCUT2D eigenvalue weighted by Gasteiger charge is -2.42. The highest BCUT2D eigenvalue weighted by Crippen LogP contribution is 2.43. The highest BCUT2D eigenvalue weighted by Gasteiger charge is 2.50. The Morgan fingerprint density at radius 2 is 1.78 bits per heavy atom. The van der Waals surface area contributed by atoms with Gasteiger partial charge in [-0.2, -0.15) is 28.1 Å². The predicted octanol–water partition coefficient (Wildman–Crippen LogP) is 5.69. The first-order valence-electron chi connectivity index (χ1n) is 15.2. The Hall–Kier alpha value is -2.94. The summed E-state index contributed by atoms with van der Waals surface area (Å²) >= 11 is 6.07. The Morgan fingerprint density at radius 1 is 1.07 bits per heavy atom. The molecule has 4 fully saturated rings. The molecule has 1 amide bonds. The topological polar surface area (TPSA) is 93.2 Å².